The third-order valence-corrected chi connectivity index (χ3v) is 5.99. The SMILES string of the molecule is C#CCCCCCCCCC(=O)Oc1ccc(-c2ccc(OCCCCCCCC)cc2)cc1. The third kappa shape index (κ3) is 11.9. The van der Waals surface area contributed by atoms with Crippen LogP contribution < -0.4 is 9.47 Å². The van der Waals surface area contributed by atoms with E-state index in [0.717, 1.165) is 62.0 Å². The lowest BCUT2D eigenvalue weighted by molar-refractivity contribution is -0.134. The van der Waals surface area contributed by atoms with Crippen molar-refractivity contribution in [2.75, 3.05) is 6.61 Å². The molecule has 0 heterocycles. The molecule has 0 aliphatic carbocycles. The zero-order valence-corrected chi connectivity index (χ0v) is 21.0. The van der Waals surface area contributed by atoms with Crippen LogP contribution in [0.2, 0.25) is 0 Å². The molecule has 184 valence electrons. The van der Waals surface area contributed by atoms with Gasteiger partial charge in [-0.3, -0.25) is 4.79 Å². The van der Waals surface area contributed by atoms with E-state index < -0.39 is 0 Å². The first-order chi connectivity index (χ1) is 16.7. The Morgan fingerprint density at radius 3 is 1.85 bits per heavy atom. The second-order valence-corrected chi connectivity index (χ2v) is 8.96. The molecule has 0 atom stereocenters. The topological polar surface area (TPSA) is 35.5 Å². The Morgan fingerprint density at radius 1 is 0.706 bits per heavy atom. The minimum absolute atomic E-state index is 0.160. The summed E-state index contributed by atoms with van der Waals surface area (Å²) in [7, 11) is 0. The van der Waals surface area contributed by atoms with E-state index in [0.29, 0.717) is 12.2 Å². The van der Waals surface area contributed by atoms with Crippen molar-refractivity contribution < 1.29 is 14.3 Å². The summed E-state index contributed by atoms with van der Waals surface area (Å²) in [4.78, 5) is 12.1. The molecule has 0 unspecified atom stereocenters. The largest absolute Gasteiger partial charge is 0.494 e. The van der Waals surface area contributed by atoms with Gasteiger partial charge >= 0.3 is 5.97 Å². The molecule has 0 saturated carbocycles. The van der Waals surface area contributed by atoms with Crippen LogP contribution in [0, 0.1) is 12.3 Å². The molecule has 3 heteroatoms. The summed E-state index contributed by atoms with van der Waals surface area (Å²) >= 11 is 0. The van der Waals surface area contributed by atoms with Crippen molar-refractivity contribution >= 4 is 5.97 Å². The first-order valence-electron chi connectivity index (χ1n) is 13.2. The first kappa shape index (κ1) is 27.5. The summed E-state index contributed by atoms with van der Waals surface area (Å²) in [5.41, 5.74) is 2.21. The standard InChI is InChI=1S/C31H42O3/c1-3-5-7-9-11-12-13-15-17-31(32)34-30-24-20-28(21-25-30)27-18-22-29(23-19-27)33-26-16-14-10-8-6-4-2/h1,18-25H,4-17,26H2,2H3. The molecule has 0 aliphatic rings. The fraction of sp³-hybridized carbons (Fsp3) is 0.516. The number of hydrogen-bond donors (Lipinski definition) is 0. The number of ether oxygens (including phenoxy) is 2. The lowest BCUT2D eigenvalue weighted by Crippen LogP contribution is -2.07. The van der Waals surface area contributed by atoms with Crippen molar-refractivity contribution in [3.63, 3.8) is 0 Å². The zero-order chi connectivity index (χ0) is 24.3. The Kier molecular flexibility index (Phi) is 14.3. The maximum Gasteiger partial charge on any atom is 0.311 e. The molecular weight excluding hydrogens is 420 g/mol. The molecule has 3 nitrogen and oxygen atoms in total. The van der Waals surface area contributed by atoms with Gasteiger partial charge in [-0.25, -0.2) is 0 Å². The number of carbonyl (C=O) groups excluding carboxylic acids is 1. The molecule has 34 heavy (non-hydrogen) atoms. The molecule has 2 aromatic carbocycles. The molecule has 0 fully saturated rings. The number of benzene rings is 2. The molecule has 2 rings (SSSR count). The normalized spacial score (nSPS) is 10.6. The molecule has 2 aromatic rings. The predicted octanol–water partition coefficient (Wildman–Crippen LogP) is 8.75. The maximum atomic E-state index is 12.1. The molecule has 0 saturated heterocycles. The smallest absolute Gasteiger partial charge is 0.311 e. The van der Waals surface area contributed by atoms with Gasteiger partial charge in [-0.05, 0) is 54.7 Å². The van der Waals surface area contributed by atoms with Crippen LogP contribution in [0.1, 0.15) is 96.8 Å². The van der Waals surface area contributed by atoms with Crippen LogP contribution in [0.3, 0.4) is 0 Å². The Morgan fingerprint density at radius 2 is 1.24 bits per heavy atom. The fourth-order valence-electron chi connectivity index (χ4n) is 3.92. The van der Waals surface area contributed by atoms with Gasteiger partial charge < -0.3 is 9.47 Å². The molecule has 0 aliphatic heterocycles. The van der Waals surface area contributed by atoms with E-state index in [9.17, 15) is 4.79 Å². The average Bonchev–Trinajstić information content (AvgIpc) is 2.86. The van der Waals surface area contributed by atoms with Crippen molar-refractivity contribution in [2.45, 2.75) is 96.8 Å². The lowest BCUT2D eigenvalue weighted by Gasteiger charge is -2.09. The number of esters is 1. The summed E-state index contributed by atoms with van der Waals surface area (Å²) in [6.07, 6.45) is 20.7. The lowest BCUT2D eigenvalue weighted by atomic mass is 10.1. The first-order valence-corrected chi connectivity index (χ1v) is 13.2. The van der Waals surface area contributed by atoms with Gasteiger partial charge in [0.1, 0.15) is 11.5 Å². The molecule has 0 amide bonds. The minimum Gasteiger partial charge on any atom is -0.494 e. The minimum atomic E-state index is -0.160. The number of rotatable bonds is 18. The van der Waals surface area contributed by atoms with Gasteiger partial charge in [0, 0.05) is 12.8 Å². The number of hydrogen-bond acceptors (Lipinski definition) is 3. The van der Waals surface area contributed by atoms with Crippen molar-refractivity contribution in [3.05, 3.63) is 48.5 Å². The van der Waals surface area contributed by atoms with Crippen LogP contribution in [0.4, 0.5) is 0 Å². The summed E-state index contributed by atoms with van der Waals surface area (Å²) in [5.74, 6) is 4.02. The van der Waals surface area contributed by atoms with E-state index in [-0.39, 0.29) is 5.97 Å². The van der Waals surface area contributed by atoms with Crippen LogP contribution >= 0.6 is 0 Å². The van der Waals surface area contributed by atoms with Crippen LogP contribution in [0.15, 0.2) is 48.5 Å². The van der Waals surface area contributed by atoms with Crippen LogP contribution in [-0.2, 0) is 4.79 Å². The van der Waals surface area contributed by atoms with Crippen molar-refractivity contribution in [3.8, 4) is 35.0 Å². The molecule has 0 aromatic heterocycles. The van der Waals surface area contributed by atoms with Crippen LogP contribution in [-0.4, -0.2) is 12.6 Å². The molecule has 0 radical (unpaired) electrons. The number of terminal acetylenes is 1. The van der Waals surface area contributed by atoms with Gasteiger partial charge in [-0.1, -0.05) is 89.0 Å². The van der Waals surface area contributed by atoms with E-state index in [4.69, 9.17) is 15.9 Å². The fourth-order valence-corrected chi connectivity index (χ4v) is 3.92. The highest BCUT2D eigenvalue weighted by atomic mass is 16.5. The summed E-state index contributed by atoms with van der Waals surface area (Å²) in [6.45, 7) is 3.02. The van der Waals surface area contributed by atoms with Crippen molar-refractivity contribution in [2.24, 2.45) is 0 Å². The van der Waals surface area contributed by atoms with Gasteiger partial charge in [0.25, 0.3) is 0 Å². The highest BCUT2D eigenvalue weighted by Gasteiger charge is 2.06. The van der Waals surface area contributed by atoms with E-state index in [1.165, 1.54) is 44.9 Å². The van der Waals surface area contributed by atoms with Gasteiger partial charge in [-0.2, -0.15) is 0 Å². The second-order valence-electron chi connectivity index (χ2n) is 8.96. The summed E-state index contributed by atoms with van der Waals surface area (Å²) in [6, 6.07) is 15.9. The van der Waals surface area contributed by atoms with Crippen LogP contribution in [0.5, 0.6) is 11.5 Å². The van der Waals surface area contributed by atoms with E-state index in [1.807, 2.05) is 36.4 Å². The third-order valence-electron chi connectivity index (χ3n) is 5.99. The zero-order valence-electron chi connectivity index (χ0n) is 21.0. The van der Waals surface area contributed by atoms with Gasteiger partial charge in [0.05, 0.1) is 6.61 Å². The quantitative estimate of drug-likeness (QED) is 0.0961. The van der Waals surface area contributed by atoms with Crippen molar-refractivity contribution in [1.29, 1.82) is 0 Å². The highest BCUT2D eigenvalue weighted by molar-refractivity contribution is 5.73. The monoisotopic (exact) mass is 462 g/mol. The molecule has 0 spiro atoms. The molecular formula is C31H42O3. The Balaban J connectivity index is 1.64. The summed E-state index contributed by atoms with van der Waals surface area (Å²) < 4.78 is 11.4. The predicted molar refractivity (Wildman–Crippen MR) is 142 cm³/mol. The van der Waals surface area contributed by atoms with Gasteiger partial charge in [-0.15, -0.1) is 12.3 Å². The Hall–Kier alpha value is -2.73. The van der Waals surface area contributed by atoms with E-state index in [1.54, 1.807) is 0 Å². The summed E-state index contributed by atoms with van der Waals surface area (Å²) in [5, 5.41) is 0. The van der Waals surface area contributed by atoms with E-state index >= 15 is 0 Å². The number of unbranched alkanes of at least 4 members (excludes halogenated alkanes) is 11. The maximum absolute atomic E-state index is 12.1. The molecule has 0 bridgehead atoms. The Bertz CT molecular complexity index is 830. The number of carbonyl (C=O) groups is 1. The van der Waals surface area contributed by atoms with Gasteiger partial charge in [0.15, 0.2) is 0 Å². The molecule has 0 N–H and O–H groups in total. The van der Waals surface area contributed by atoms with E-state index in [2.05, 4.69) is 25.0 Å². The second kappa shape index (κ2) is 17.7. The van der Waals surface area contributed by atoms with Crippen molar-refractivity contribution in [1.82, 2.24) is 0 Å². The average molecular weight is 463 g/mol. The highest BCUT2D eigenvalue weighted by Crippen LogP contribution is 2.25. The van der Waals surface area contributed by atoms with Crippen LogP contribution in [0.25, 0.3) is 11.1 Å². The Labute approximate surface area is 207 Å². The van der Waals surface area contributed by atoms with Gasteiger partial charge in [0.2, 0.25) is 0 Å².